The van der Waals surface area contributed by atoms with E-state index in [1.54, 1.807) is 30.3 Å². The maximum Gasteiger partial charge on any atom is 0.270 e. The van der Waals surface area contributed by atoms with Gasteiger partial charge in [-0.25, -0.2) is 0 Å². The van der Waals surface area contributed by atoms with Crippen molar-refractivity contribution < 1.29 is 14.3 Å². The van der Waals surface area contributed by atoms with Gasteiger partial charge in [-0.3, -0.25) is 19.8 Å². The summed E-state index contributed by atoms with van der Waals surface area (Å²) in [7, 11) is 1.88. The molecule has 4 aromatic rings. The van der Waals surface area contributed by atoms with Crippen LogP contribution in [0.25, 0.3) is 17.0 Å². The first kappa shape index (κ1) is 21.9. The number of rotatable bonds is 4. The van der Waals surface area contributed by atoms with Gasteiger partial charge in [-0.15, -0.1) is 0 Å². The number of benzene rings is 3. The molecule has 1 saturated heterocycles. The van der Waals surface area contributed by atoms with Gasteiger partial charge in [-0.1, -0.05) is 48.0 Å². The van der Waals surface area contributed by atoms with E-state index in [-0.39, 0.29) is 10.7 Å². The minimum atomic E-state index is -0.571. The summed E-state index contributed by atoms with van der Waals surface area (Å²) in [5.41, 5.74) is 1.96. The molecule has 2 heterocycles. The maximum absolute atomic E-state index is 13.5. The molecule has 1 aromatic heterocycles. The molecule has 0 unspecified atom stereocenters. The standard InChI is InChI=1S/C26H18ClN3O3S/c1-29-22-10-6-5-9-19(22)20(25(29)33-18-7-3-2-4-8-18)15-21-23(31)28-26(34)30(24(21)32)17-13-11-16(27)12-14-17/h2-15H,1H3,(H,28,31,34)/b21-15+. The van der Waals surface area contributed by atoms with E-state index in [9.17, 15) is 9.59 Å². The Hall–Kier alpha value is -3.94. The number of anilines is 1. The highest BCUT2D eigenvalue weighted by Gasteiger charge is 2.35. The molecule has 0 bridgehead atoms. The van der Waals surface area contributed by atoms with Crippen molar-refractivity contribution in [3.05, 3.63) is 95.0 Å². The van der Waals surface area contributed by atoms with Crippen LogP contribution >= 0.6 is 23.8 Å². The molecular weight excluding hydrogens is 470 g/mol. The summed E-state index contributed by atoms with van der Waals surface area (Å²) >= 11 is 11.3. The van der Waals surface area contributed by atoms with E-state index < -0.39 is 11.8 Å². The van der Waals surface area contributed by atoms with Crippen LogP contribution in [0.5, 0.6) is 11.6 Å². The Bertz CT molecular complexity index is 1480. The van der Waals surface area contributed by atoms with Gasteiger partial charge in [0.05, 0.1) is 11.2 Å². The Balaban J connectivity index is 1.65. The number of hydrogen-bond acceptors (Lipinski definition) is 4. The van der Waals surface area contributed by atoms with Crippen molar-refractivity contribution in [2.75, 3.05) is 4.90 Å². The van der Waals surface area contributed by atoms with Gasteiger partial charge in [0.15, 0.2) is 5.11 Å². The van der Waals surface area contributed by atoms with Crippen LogP contribution in [0, 0.1) is 0 Å². The molecule has 1 N–H and O–H groups in total. The zero-order valence-corrected chi connectivity index (χ0v) is 19.6. The topological polar surface area (TPSA) is 63.6 Å². The minimum absolute atomic E-state index is 0.00755. The molecule has 0 saturated carbocycles. The molecular formula is C26H18ClN3O3S. The summed E-state index contributed by atoms with van der Waals surface area (Å²) in [5, 5.41) is 3.99. The fourth-order valence-electron chi connectivity index (χ4n) is 3.89. The number of nitrogens with one attached hydrogen (secondary N) is 1. The molecule has 1 fully saturated rings. The smallest absolute Gasteiger partial charge is 0.270 e. The second kappa shape index (κ2) is 8.78. The van der Waals surface area contributed by atoms with Gasteiger partial charge in [0.1, 0.15) is 11.3 Å². The number of para-hydroxylation sites is 2. The molecule has 1 aliphatic heterocycles. The first-order valence-electron chi connectivity index (χ1n) is 10.4. The van der Waals surface area contributed by atoms with Crippen LogP contribution in [0.2, 0.25) is 5.02 Å². The van der Waals surface area contributed by atoms with Gasteiger partial charge in [0.25, 0.3) is 11.8 Å². The maximum atomic E-state index is 13.5. The number of fused-ring (bicyclic) bond motifs is 1. The lowest BCUT2D eigenvalue weighted by molar-refractivity contribution is -0.122. The second-order valence-electron chi connectivity index (χ2n) is 7.64. The van der Waals surface area contributed by atoms with Crippen LogP contribution in [-0.4, -0.2) is 21.5 Å². The number of aromatic nitrogens is 1. The van der Waals surface area contributed by atoms with E-state index in [1.165, 1.54) is 4.90 Å². The second-order valence-corrected chi connectivity index (χ2v) is 8.47. The van der Waals surface area contributed by atoms with Crippen LogP contribution in [0.15, 0.2) is 84.4 Å². The average molecular weight is 488 g/mol. The Labute approximate surface area is 206 Å². The summed E-state index contributed by atoms with van der Waals surface area (Å²) < 4.78 is 8.09. The number of nitrogens with zero attached hydrogens (tertiary/aromatic N) is 2. The van der Waals surface area contributed by atoms with Gasteiger partial charge in [-0.2, -0.15) is 0 Å². The van der Waals surface area contributed by atoms with Crippen molar-refractivity contribution in [1.82, 2.24) is 9.88 Å². The first-order chi connectivity index (χ1) is 16.4. The Kier molecular flexibility index (Phi) is 5.65. The number of ether oxygens (including phenoxy) is 1. The fourth-order valence-corrected chi connectivity index (χ4v) is 4.30. The lowest BCUT2D eigenvalue weighted by Crippen LogP contribution is -2.54. The number of hydrogen-bond donors (Lipinski definition) is 1. The minimum Gasteiger partial charge on any atom is -0.440 e. The largest absolute Gasteiger partial charge is 0.440 e. The molecule has 8 heteroatoms. The van der Waals surface area contributed by atoms with E-state index in [0.717, 1.165) is 10.9 Å². The third-order valence-electron chi connectivity index (χ3n) is 5.52. The number of halogens is 1. The Morgan fingerprint density at radius 3 is 2.35 bits per heavy atom. The fraction of sp³-hybridized carbons (Fsp3) is 0.0385. The van der Waals surface area contributed by atoms with Crippen LogP contribution in [-0.2, 0) is 16.6 Å². The molecule has 0 spiro atoms. The van der Waals surface area contributed by atoms with Gasteiger partial charge < -0.3 is 9.30 Å². The lowest BCUT2D eigenvalue weighted by Gasteiger charge is -2.29. The summed E-state index contributed by atoms with van der Waals surface area (Å²) in [6.07, 6.45) is 1.56. The quantitative estimate of drug-likeness (QED) is 0.236. The average Bonchev–Trinajstić information content (AvgIpc) is 3.09. The highest BCUT2D eigenvalue weighted by molar-refractivity contribution is 7.80. The van der Waals surface area contributed by atoms with Gasteiger partial charge in [0, 0.05) is 23.0 Å². The van der Waals surface area contributed by atoms with Gasteiger partial charge in [0.2, 0.25) is 5.88 Å². The molecule has 3 aromatic carbocycles. The Morgan fingerprint density at radius 1 is 0.941 bits per heavy atom. The van der Waals surface area contributed by atoms with Crippen LogP contribution < -0.4 is 15.0 Å². The van der Waals surface area contributed by atoms with Crippen LogP contribution in [0.4, 0.5) is 5.69 Å². The highest BCUT2D eigenvalue weighted by Crippen LogP contribution is 2.36. The summed E-state index contributed by atoms with van der Waals surface area (Å²) in [5.74, 6) is 0.0385. The molecule has 0 atom stereocenters. The number of thiocarbonyl (C=S) groups is 1. The first-order valence-corrected chi connectivity index (χ1v) is 11.2. The van der Waals surface area contributed by atoms with Crippen LogP contribution in [0.1, 0.15) is 5.56 Å². The predicted molar refractivity (Wildman–Crippen MR) is 137 cm³/mol. The third-order valence-corrected chi connectivity index (χ3v) is 6.06. The van der Waals surface area contributed by atoms with E-state index in [0.29, 0.717) is 27.9 Å². The summed E-state index contributed by atoms with van der Waals surface area (Å²) in [6, 6.07) is 23.7. The van der Waals surface area contributed by atoms with Crippen molar-refractivity contribution in [2.45, 2.75) is 0 Å². The molecule has 2 amide bonds. The molecule has 1 aliphatic rings. The van der Waals surface area contributed by atoms with Gasteiger partial charge in [-0.05, 0) is 60.8 Å². The predicted octanol–water partition coefficient (Wildman–Crippen LogP) is 5.46. The van der Waals surface area contributed by atoms with Crippen molar-refractivity contribution in [3.8, 4) is 11.6 Å². The SMILES string of the molecule is Cn1c(Oc2ccccc2)c(/C=C2\C(=O)NC(=S)N(c3ccc(Cl)cc3)C2=O)c2ccccc21. The van der Waals surface area contributed by atoms with E-state index in [1.807, 2.05) is 66.2 Å². The number of aryl methyl sites for hydroxylation is 1. The molecule has 5 rings (SSSR count). The summed E-state index contributed by atoms with van der Waals surface area (Å²) in [6.45, 7) is 0. The van der Waals surface area contributed by atoms with Crippen LogP contribution in [0.3, 0.4) is 0 Å². The summed E-state index contributed by atoms with van der Waals surface area (Å²) in [4.78, 5) is 27.6. The van der Waals surface area contributed by atoms with E-state index >= 15 is 0 Å². The molecule has 6 nitrogen and oxygen atoms in total. The normalized spacial score (nSPS) is 15.2. The zero-order valence-electron chi connectivity index (χ0n) is 18.0. The highest BCUT2D eigenvalue weighted by atomic mass is 35.5. The molecule has 168 valence electrons. The molecule has 0 aliphatic carbocycles. The number of carbonyl (C=O) groups is 2. The van der Waals surface area contributed by atoms with E-state index in [2.05, 4.69) is 5.32 Å². The van der Waals surface area contributed by atoms with Crippen molar-refractivity contribution >= 4 is 63.4 Å². The third kappa shape index (κ3) is 3.85. The molecule has 34 heavy (non-hydrogen) atoms. The zero-order chi connectivity index (χ0) is 23.8. The molecule has 0 radical (unpaired) electrons. The number of amides is 2. The van der Waals surface area contributed by atoms with Crippen molar-refractivity contribution in [1.29, 1.82) is 0 Å². The monoisotopic (exact) mass is 487 g/mol. The lowest BCUT2D eigenvalue weighted by atomic mass is 10.1. The number of carbonyl (C=O) groups excluding carboxylic acids is 2. The van der Waals surface area contributed by atoms with Gasteiger partial charge >= 0.3 is 0 Å². The van der Waals surface area contributed by atoms with E-state index in [4.69, 9.17) is 28.6 Å². The van der Waals surface area contributed by atoms with Crippen molar-refractivity contribution in [2.24, 2.45) is 7.05 Å². The Morgan fingerprint density at radius 2 is 1.62 bits per heavy atom. The van der Waals surface area contributed by atoms with Crippen molar-refractivity contribution in [3.63, 3.8) is 0 Å².